The normalized spacial score (nSPS) is 10.2. The number of carboxylic acid groups (broad SMARTS) is 1. The van der Waals surface area contributed by atoms with Gasteiger partial charge in [-0.15, -0.1) is 0 Å². The van der Waals surface area contributed by atoms with E-state index in [2.05, 4.69) is 21.0 Å². The lowest BCUT2D eigenvalue weighted by molar-refractivity contribution is 0.0696. The average molecular weight is 295 g/mol. The summed E-state index contributed by atoms with van der Waals surface area (Å²) in [7, 11) is 0. The van der Waals surface area contributed by atoms with Crippen LogP contribution < -0.4 is 5.56 Å². The molecule has 0 radical (unpaired) electrons. The zero-order valence-electron chi connectivity index (χ0n) is 8.50. The van der Waals surface area contributed by atoms with Crippen molar-refractivity contribution >= 4 is 21.9 Å². The first-order valence-electron chi connectivity index (χ1n) is 4.67. The van der Waals surface area contributed by atoms with E-state index in [1.807, 2.05) is 6.07 Å². The summed E-state index contributed by atoms with van der Waals surface area (Å²) in [6.45, 7) is 0. The summed E-state index contributed by atoms with van der Waals surface area (Å²) in [6.07, 6.45) is 1.14. The predicted molar refractivity (Wildman–Crippen MR) is 64.5 cm³/mol. The highest BCUT2D eigenvalue weighted by Crippen LogP contribution is 2.17. The molecule has 2 rings (SSSR count). The molecule has 17 heavy (non-hydrogen) atoms. The summed E-state index contributed by atoms with van der Waals surface area (Å²) in [6, 6.07) is 8.09. The molecule has 0 aliphatic heterocycles. The van der Waals surface area contributed by atoms with Gasteiger partial charge in [0.15, 0.2) is 0 Å². The van der Waals surface area contributed by atoms with Crippen LogP contribution >= 0.6 is 15.9 Å². The Morgan fingerprint density at radius 3 is 2.65 bits per heavy atom. The molecule has 0 saturated carbocycles. The van der Waals surface area contributed by atoms with Gasteiger partial charge in [0.25, 0.3) is 5.56 Å². The quantitative estimate of drug-likeness (QED) is 0.915. The lowest BCUT2D eigenvalue weighted by atomic mass is 10.3. The number of carbonyl (C=O) groups is 1. The molecule has 6 heteroatoms. The Hall–Kier alpha value is -1.95. The second-order valence-corrected chi connectivity index (χ2v) is 4.11. The van der Waals surface area contributed by atoms with Crippen LogP contribution in [0.2, 0.25) is 0 Å². The summed E-state index contributed by atoms with van der Waals surface area (Å²) in [4.78, 5) is 22.4. The Bertz CT molecular complexity index is 637. The minimum Gasteiger partial charge on any atom is -0.478 e. The zero-order valence-corrected chi connectivity index (χ0v) is 10.1. The van der Waals surface area contributed by atoms with E-state index < -0.39 is 11.5 Å². The summed E-state index contributed by atoms with van der Waals surface area (Å²) in [5.74, 6) is -1.17. The van der Waals surface area contributed by atoms with Crippen LogP contribution in [0.4, 0.5) is 0 Å². The van der Waals surface area contributed by atoms with E-state index >= 15 is 0 Å². The molecular weight excluding hydrogens is 288 g/mol. The van der Waals surface area contributed by atoms with E-state index in [0.717, 1.165) is 16.9 Å². The van der Waals surface area contributed by atoms with Crippen molar-refractivity contribution in [1.29, 1.82) is 0 Å². The molecule has 0 aliphatic rings. The van der Waals surface area contributed by atoms with Crippen molar-refractivity contribution in [2.24, 2.45) is 0 Å². The van der Waals surface area contributed by atoms with Crippen LogP contribution in [-0.4, -0.2) is 20.9 Å². The van der Waals surface area contributed by atoms with Gasteiger partial charge >= 0.3 is 5.97 Å². The van der Waals surface area contributed by atoms with Gasteiger partial charge in [0.1, 0.15) is 0 Å². The van der Waals surface area contributed by atoms with Crippen LogP contribution in [-0.2, 0) is 0 Å². The first-order valence-corrected chi connectivity index (χ1v) is 5.46. The maximum absolute atomic E-state index is 11.7. The lowest BCUT2D eigenvalue weighted by Crippen LogP contribution is -2.22. The molecule has 0 fully saturated rings. The molecule has 2 aromatic rings. The molecule has 0 atom stereocenters. The summed E-state index contributed by atoms with van der Waals surface area (Å²) in [5, 5.41) is 12.6. The second kappa shape index (κ2) is 4.50. The number of aromatic nitrogens is 2. The van der Waals surface area contributed by atoms with E-state index in [4.69, 9.17) is 5.11 Å². The first-order chi connectivity index (χ1) is 8.09. The Labute approximate surface area is 104 Å². The van der Waals surface area contributed by atoms with Gasteiger partial charge in [-0.05, 0) is 28.1 Å². The van der Waals surface area contributed by atoms with Crippen LogP contribution in [0.5, 0.6) is 0 Å². The van der Waals surface area contributed by atoms with Crippen LogP contribution in [0.15, 0.2) is 45.8 Å². The molecule has 0 aliphatic carbocycles. The molecule has 0 spiro atoms. The summed E-state index contributed by atoms with van der Waals surface area (Å²) in [5.41, 5.74) is -0.0513. The van der Waals surface area contributed by atoms with E-state index in [0.29, 0.717) is 10.2 Å². The SMILES string of the molecule is O=C(O)c1cnn(-c2ccccc2Br)c(=O)c1. The molecule has 1 aromatic heterocycles. The topological polar surface area (TPSA) is 72.2 Å². The van der Waals surface area contributed by atoms with Gasteiger partial charge in [-0.3, -0.25) is 4.79 Å². The highest BCUT2D eigenvalue weighted by Gasteiger charge is 2.09. The third-order valence-corrected chi connectivity index (χ3v) is 2.80. The third-order valence-electron chi connectivity index (χ3n) is 2.13. The van der Waals surface area contributed by atoms with E-state index in [-0.39, 0.29) is 5.56 Å². The van der Waals surface area contributed by atoms with Crippen molar-refractivity contribution in [3.63, 3.8) is 0 Å². The Kier molecular flexibility index (Phi) is 3.06. The number of nitrogens with zero attached hydrogens (tertiary/aromatic N) is 2. The van der Waals surface area contributed by atoms with Crippen molar-refractivity contribution < 1.29 is 9.90 Å². The van der Waals surface area contributed by atoms with Gasteiger partial charge in [0.05, 0.1) is 17.4 Å². The van der Waals surface area contributed by atoms with Gasteiger partial charge in [0, 0.05) is 10.5 Å². The molecule has 1 heterocycles. The number of rotatable bonds is 2. The predicted octanol–water partition coefficient (Wildman–Crippen LogP) is 1.69. The lowest BCUT2D eigenvalue weighted by Gasteiger charge is -2.05. The number of benzene rings is 1. The minimum atomic E-state index is -1.17. The smallest absolute Gasteiger partial charge is 0.337 e. The fraction of sp³-hybridized carbons (Fsp3) is 0. The zero-order chi connectivity index (χ0) is 12.4. The monoisotopic (exact) mass is 294 g/mol. The molecule has 0 bridgehead atoms. The highest BCUT2D eigenvalue weighted by molar-refractivity contribution is 9.10. The van der Waals surface area contributed by atoms with E-state index in [1.165, 1.54) is 0 Å². The molecular formula is C11H7BrN2O3. The Morgan fingerprint density at radius 1 is 1.35 bits per heavy atom. The van der Waals surface area contributed by atoms with Gasteiger partial charge in [-0.25, -0.2) is 4.79 Å². The van der Waals surface area contributed by atoms with Crippen molar-refractivity contribution in [2.75, 3.05) is 0 Å². The van der Waals surface area contributed by atoms with Crippen LogP contribution in [0.25, 0.3) is 5.69 Å². The molecule has 86 valence electrons. The van der Waals surface area contributed by atoms with E-state index in [1.54, 1.807) is 18.2 Å². The Morgan fingerprint density at radius 2 is 2.06 bits per heavy atom. The maximum atomic E-state index is 11.7. The molecule has 0 saturated heterocycles. The summed E-state index contributed by atoms with van der Waals surface area (Å²) < 4.78 is 1.84. The number of aromatic carboxylic acids is 1. The minimum absolute atomic E-state index is 0.127. The van der Waals surface area contributed by atoms with Gasteiger partial charge in [0.2, 0.25) is 0 Å². The van der Waals surface area contributed by atoms with Crippen LogP contribution in [0.3, 0.4) is 0 Å². The molecule has 1 N–H and O–H groups in total. The summed E-state index contributed by atoms with van der Waals surface area (Å²) >= 11 is 3.30. The number of halogens is 1. The number of carboxylic acids is 1. The van der Waals surface area contributed by atoms with Gasteiger partial charge < -0.3 is 5.11 Å². The van der Waals surface area contributed by atoms with Crippen molar-refractivity contribution in [3.8, 4) is 5.69 Å². The fourth-order valence-corrected chi connectivity index (χ4v) is 1.78. The molecule has 0 unspecified atom stereocenters. The largest absolute Gasteiger partial charge is 0.478 e. The molecule has 5 nitrogen and oxygen atoms in total. The Balaban J connectivity index is 2.59. The van der Waals surface area contributed by atoms with Crippen molar-refractivity contribution in [1.82, 2.24) is 9.78 Å². The first kappa shape index (κ1) is 11.5. The molecule has 0 amide bonds. The van der Waals surface area contributed by atoms with Gasteiger partial charge in [-0.1, -0.05) is 12.1 Å². The number of hydrogen-bond donors (Lipinski definition) is 1. The van der Waals surface area contributed by atoms with Gasteiger partial charge in [-0.2, -0.15) is 9.78 Å². The van der Waals surface area contributed by atoms with Crippen molar-refractivity contribution in [3.05, 3.63) is 56.9 Å². The second-order valence-electron chi connectivity index (χ2n) is 3.25. The maximum Gasteiger partial charge on any atom is 0.337 e. The average Bonchev–Trinajstić information content (AvgIpc) is 2.30. The number of para-hydroxylation sites is 1. The number of hydrogen-bond acceptors (Lipinski definition) is 3. The fourth-order valence-electron chi connectivity index (χ4n) is 1.33. The van der Waals surface area contributed by atoms with Crippen LogP contribution in [0.1, 0.15) is 10.4 Å². The van der Waals surface area contributed by atoms with Crippen molar-refractivity contribution in [2.45, 2.75) is 0 Å². The van der Waals surface area contributed by atoms with E-state index in [9.17, 15) is 9.59 Å². The highest BCUT2D eigenvalue weighted by atomic mass is 79.9. The standard InChI is InChI=1S/C11H7BrN2O3/c12-8-3-1-2-4-9(8)14-10(15)5-7(6-13-14)11(16)17/h1-6H,(H,16,17). The third kappa shape index (κ3) is 2.26. The molecule has 1 aromatic carbocycles. The van der Waals surface area contributed by atoms with Crippen LogP contribution in [0, 0.1) is 0 Å².